The van der Waals surface area contributed by atoms with Gasteiger partial charge in [-0.2, -0.15) is 0 Å². The van der Waals surface area contributed by atoms with Crippen LogP contribution in [0, 0.1) is 5.92 Å². The summed E-state index contributed by atoms with van der Waals surface area (Å²) in [5.74, 6) is 0.568. The Morgan fingerprint density at radius 3 is 1.75 bits per heavy atom. The first-order valence-electron chi connectivity index (χ1n) is 8.91. The Hall–Kier alpha value is -1.57. The molecule has 0 bridgehead atoms. The van der Waals surface area contributed by atoms with Crippen LogP contribution in [0.25, 0.3) is 6.08 Å². The van der Waals surface area contributed by atoms with Crippen LogP contribution in [0.3, 0.4) is 0 Å². The summed E-state index contributed by atoms with van der Waals surface area (Å²) >= 11 is 0. The first-order chi connectivity index (χ1) is 10.8. The van der Waals surface area contributed by atoms with Crippen molar-refractivity contribution in [1.29, 1.82) is 0 Å². The molecule has 0 aliphatic heterocycles. The van der Waals surface area contributed by atoms with Gasteiger partial charge in [0, 0.05) is 17.0 Å². The molecule has 0 fully saturated rings. The molecule has 1 N–H and O–H groups in total. The summed E-state index contributed by atoms with van der Waals surface area (Å²) in [4.78, 5) is 12.4. The van der Waals surface area contributed by atoms with Crippen molar-refractivity contribution in [2.45, 2.75) is 79.6 Å². The van der Waals surface area contributed by atoms with Crippen molar-refractivity contribution in [2.24, 2.45) is 5.92 Å². The maximum atomic E-state index is 12.4. The summed E-state index contributed by atoms with van der Waals surface area (Å²) in [7, 11) is 0. The van der Waals surface area contributed by atoms with Gasteiger partial charge in [-0.1, -0.05) is 62.3 Å². The minimum absolute atomic E-state index is 0.00233. The van der Waals surface area contributed by atoms with Crippen LogP contribution < -0.4 is 0 Å². The molecule has 0 aliphatic carbocycles. The van der Waals surface area contributed by atoms with Crippen LogP contribution in [0.15, 0.2) is 17.7 Å². The van der Waals surface area contributed by atoms with E-state index in [9.17, 15) is 9.90 Å². The Labute approximate surface area is 148 Å². The van der Waals surface area contributed by atoms with E-state index in [0.29, 0.717) is 12.2 Å². The van der Waals surface area contributed by atoms with Crippen LogP contribution in [0.4, 0.5) is 0 Å². The van der Waals surface area contributed by atoms with E-state index in [2.05, 4.69) is 41.5 Å². The number of aromatic hydroxyl groups is 1. The summed E-state index contributed by atoms with van der Waals surface area (Å²) < 4.78 is 0. The average Bonchev–Trinajstić information content (AvgIpc) is 2.42. The molecule has 0 amide bonds. The van der Waals surface area contributed by atoms with Gasteiger partial charge in [0.25, 0.3) is 0 Å². The molecule has 2 nitrogen and oxygen atoms in total. The molecule has 0 radical (unpaired) electrons. The Kier molecular flexibility index (Phi) is 6.08. The molecule has 24 heavy (non-hydrogen) atoms. The van der Waals surface area contributed by atoms with E-state index in [-0.39, 0.29) is 22.5 Å². The van der Waals surface area contributed by atoms with Crippen molar-refractivity contribution in [1.82, 2.24) is 0 Å². The van der Waals surface area contributed by atoms with Gasteiger partial charge < -0.3 is 5.11 Å². The summed E-state index contributed by atoms with van der Waals surface area (Å²) in [5, 5.41) is 10.8. The molecule has 0 aliphatic rings. The van der Waals surface area contributed by atoms with Gasteiger partial charge >= 0.3 is 0 Å². The third-order valence-corrected chi connectivity index (χ3v) is 4.31. The lowest BCUT2D eigenvalue weighted by Crippen LogP contribution is -2.17. The largest absolute Gasteiger partial charge is 0.507 e. The fourth-order valence-corrected chi connectivity index (χ4v) is 2.80. The average molecular weight is 331 g/mol. The Bertz CT molecular complexity index is 600. The number of carbonyl (C=O) groups excluding carboxylic acids is 1. The molecule has 0 spiro atoms. The fraction of sp³-hybridized carbons (Fsp3) is 0.591. The molecule has 134 valence electrons. The Morgan fingerprint density at radius 1 is 1.04 bits per heavy atom. The number of rotatable bonds is 4. The molecule has 0 heterocycles. The second-order valence-corrected chi connectivity index (χ2v) is 9.01. The van der Waals surface area contributed by atoms with E-state index in [1.54, 1.807) is 0 Å². The van der Waals surface area contributed by atoms with Crippen LogP contribution in [0.1, 0.15) is 85.4 Å². The number of phenolic OH excluding ortho intramolecular Hbond substituents is 1. The smallest absolute Gasteiger partial charge is 0.161 e. The minimum Gasteiger partial charge on any atom is -0.507 e. The number of hydrogen-bond acceptors (Lipinski definition) is 2. The van der Waals surface area contributed by atoms with E-state index >= 15 is 0 Å². The molecule has 0 atom stereocenters. The van der Waals surface area contributed by atoms with Gasteiger partial charge in [0.1, 0.15) is 5.75 Å². The molecule has 1 rings (SSSR count). The van der Waals surface area contributed by atoms with Gasteiger partial charge in [-0.25, -0.2) is 0 Å². The molecule has 0 aromatic heterocycles. The SMILES string of the molecule is CCC(=Cc1cc(C(C)(C)C)c(O)c(C(C)(C)C)c1)C(=O)C(C)C. The van der Waals surface area contributed by atoms with Gasteiger partial charge in [0.15, 0.2) is 5.78 Å². The number of ketones is 1. The van der Waals surface area contributed by atoms with E-state index in [1.165, 1.54) is 0 Å². The van der Waals surface area contributed by atoms with Gasteiger partial charge in [0.2, 0.25) is 0 Å². The summed E-state index contributed by atoms with van der Waals surface area (Å²) in [6, 6.07) is 4.04. The van der Waals surface area contributed by atoms with Crippen LogP contribution in [-0.2, 0) is 15.6 Å². The maximum absolute atomic E-state index is 12.4. The normalized spacial score (nSPS) is 13.5. The molecule has 0 saturated carbocycles. The summed E-state index contributed by atoms with van der Waals surface area (Å²) in [5.41, 5.74) is 3.36. The zero-order valence-electron chi connectivity index (χ0n) is 16.9. The molecule has 1 aromatic carbocycles. The van der Waals surface area contributed by atoms with Gasteiger partial charge in [-0.15, -0.1) is 0 Å². The van der Waals surface area contributed by atoms with Gasteiger partial charge in [0.05, 0.1) is 0 Å². The van der Waals surface area contributed by atoms with Crippen molar-refractivity contribution in [3.63, 3.8) is 0 Å². The molecular weight excluding hydrogens is 296 g/mol. The predicted molar refractivity (Wildman–Crippen MR) is 104 cm³/mol. The third kappa shape index (κ3) is 4.72. The number of carbonyl (C=O) groups is 1. The second kappa shape index (κ2) is 7.13. The highest BCUT2D eigenvalue weighted by molar-refractivity contribution is 6.00. The highest BCUT2D eigenvalue weighted by Gasteiger charge is 2.26. The Morgan fingerprint density at radius 2 is 1.46 bits per heavy atom. The lowest BCUT2D eigenvalue weighted by atomic mass is 9.78. The van der Waals surface area contributed by atoms with E-state index in [0.717, 1.165) is 22.3 Å². The van der Waals surface area contributed by atoms with E-state index in [4.69, 9.17) is 0 Å². The number of Topliss-reactive ketones (excluding diaryl/α,β-unsaturated/α-hetero) is 1. The Balaban J connectivity index is 3.63. The molecule has 1 aromatic rings. The first kappa shape index (κ1) is 20.5. The van der Waals surface area contributed by atoms with Crippen molar-refractivity contribution >= 4 is 11.9 Å². The topological polar surface area (TPSA) is 37.3 Å². The van der Waals surface area contributed by atoms with Crippen LogP contribution >= 0.6 is 0 Å². The number of hydrogen-bond donors (Lipinski definition) is 1. The predicted octanol–water partition coefficient (Wildman–Crippen LogP) is 6.01. The lowest BCUT2D eigenvalue weighted by molar-refractivity contribution is -0.118. The lowest BCUT2D eigenvalue weighted by Gasteiger charge is -2.28. The molecule has 2 heteroatoms. The monoisotopic (exact) mass is 330 g/mol. The van der Waals surface area contributed by atoms with Crippen LogP contribution in [-0.4, -0.2) is 10.9 Å². The van der Waals surface area contributed by atoms with Crippen molar-refractivity contribution in [2.75, 3.05) is 0 Å². The third-order valence-electron chi connectivity index (χ3n) is 4.31. The van der Waals surface area contributed by atoms with Crippen molar-refractivity contribution < 1.29 is 9.90 Å². The summed E-state index contributed by atoms with van der Waals surface area (Å²) in [6.07, 6.45) is 2.71. The highest BCUT2D eigenvalue weighted by atomic mass is 16.3. The van der Waals surface area contributed by atoms with Crippen LogP contribution in [0.2, 0.25) is 0 Å². The van der Waals surface area contributed by atoms with Gasteiger partial charge in [-0.05, 0) is 46.6 Å². The zero-order chi connectivity index (χ0) is 18.9. The van der Waals surface area contributed by atoms with Crippen molar-refractivity contribution in [3.8, 4) is 5.75 Å². The quantitative estimate of drug-likeness (QED) is 0.687. The van der Waals surface area contributed by atoms with E-state index < -0.39 is 0 Å². The highest BCUT2D eigenvalue weighted by Crippen LogP contribution is 2.40. The van der Waals surface area contributed by atoms with Crippen molar-refractivity contribution in [3.05, 3.63) is 34.4 Å². The molecular formula is C22H34O2. The standard InChI is InChI=1S/C22H34O2/c1-10-16(19(23)14(2)3)11-15-12-17(21(4,5)6)20(24)18(13-15)22(7,8)9/h11-14,24H,10H2,1-9H3. The molecule has 0 saturated heterocycles. The maximum Gasteiger partial charge on any atom is 0.161 e. The van der Waals surface area contributed by atoms with Gasteiger partial charge in [-0.3, -0.25) is 4.79 Å². The number of phenols is 1. The first-order valence-corrected chi connectivity index (χ1v) is 8.91. The summed E-state index contributed by atoms with van der Waals surface area (Å²) in [6.45, 7) is 18.5. The van der Waals surface area contributed by atoms with Crippen LogP contribution in [0.5, 0.6) is 5.75 Å². The minimum atomic E-state index is -0.164. The van der Waals surface area contributed by atoms with E-state index in [1.807, 2.05) is 39.0 Å². The fourth-order valence-electron chi connectivity index (χ4n) is 2.80. The molecule has 0 unspecified atom stereocenters. The number of benzene rings is 1. The zero-order valence-corrected chi connectivity index (χ0v) is 16.9. The second-order valence-electron chi connectivity index (χ2n) is 9.01. The number of allylic oxidation sites excluding steroid dienone is 1.